The summed E-state index contributed by atoms with van der Waals surface area (Å²) in [6.45, 7) is 5.98. The molecule has 3 heterocycles. The number of nitrogens with two attached hydrogens (primary N) is 1. The first-order chi connectivity index (χ1) is 20.4. The maximum absolute atomic E-state index is 14.3. The Hall–Kier alpha value is -4.71. The molecule has 224 valence electrons. The molecule has 2 aliphatic heterocycles. The lowest BCUT2D eigenvalue weighted by molar-refractivity contribution is -0.123. The van der Waals surface area contributed by atoms with Crippen molar-refractivity contribution >= 4 is 41.1 Å². The van der Waals surface area contributed by atoms with Crippen molar-refractivity contribution in [2.45, 2.75) is 44.9 Å². The number of aliphatic imine (C=N–C) groups is 1. The van der Waals surface area contributed by atoms with Gasteiger partial charge in [0.1, 0.15) is 47.8 Å². The first-order valence-corrected chi connectivity index (χ1v) is 14.0. The van der Waals surface area contributed by atoms with Crippen LogP contribution in [-0.2, 0) is 9.59 Å². The minimum atomic E-state index is -0.758. The molecule has 2 aromatic carbocycles. The molecule has 13 heteroatoms. The molecule has 2 aliphatic rings. The van der Waals surface area contributed by atoms with E-state index in [2.05, 4.69) is 10.3 Å². The van der Waals surface area contributed by atoms with Crippen LogP contribution in [0.2, 0.25) is 5.02 Å². The smallest absolute Gasteiger partial charge is 0.326 e. The summed E-state index contributed by atoms with van der Waals surface area (Å²) in [5.41, 5.74) is 6.40. The van der Waals surface area contributed by atoms with E-state index >= 15 is 0 Å². The average Bonchev–Trinajstić information content (AvgIpc) is 3.60. The summed E-state index contributed by atoms with van der Waals surface area (Å²) in [6, 6.07) is 9.93. The Morgan fingerprint density at radius 2 is 1.91 bits per heavy atom. The van der Waals surface area contributed by atoms with Crippen LogP contribution in [0.3, 0.4) is 0 Å². The molecule has 2 unspecified atom stereocenters. The fourth-order valence-corrected chi connectivity index (χ4v) is 5.16. The Kier molecular flexibility index (Phi) is 8.23. The number of ether oxygens (including phenoxy) is 1. The second-order valence-corrected chi connectivity index (χ2v) is 11.7. The van der Waals surface area contributed by atoms with Gasteiger partial charge in [-0.3, -0.25) is 24.3 Å². The van der Waals surface area contributed by atoms with E-state index in [9.17, 15) is 19.2 Å². The lowest BCUT2D eigenvalue weighted by Crippen LogP contribution is -2.55. The van der Waals surface area contributed by atoms with E-state index in [4.69, 9.17) is 31.5 Å². The summed E-state index contributed by atoms with van der Waals surface area (Å²) >= 11 is 6.18. The van der Waals surface area contributed by atoms with Crippen molar-refractivity contribution in [1.29, 1.82) is 0 Å². The molecular formula is C30H31ClN6O6. The predicted octanol–water partition coefficient (Wildman–Crippen LogP) is 3.66. The zero-order valence-corrected chi connectivity index (χ0v) is 24.6. The quantitative estimate of drug-likeness (QED) is 0.306. The van der Waals surface area contributed by atoms with Gasteiger partial charge in [0.15, 0.2) is 12.2 Å². The summed E-state index contributed by atoms with van der Waals surface area (Å²) in [5, 5.41) is 3.27. The summed E-state index contributed by atoms with van der Waals surface area (Å²) in [5.74, 6) is -0.990. The van der Waals surface area contributed by atoms with Gasteiger partial charge in [-0.15, -0.1) is 0 Å². The van der Waals surface area contributed by atoms with Crippen LogP contribution in [0.15, 0.2) is 64.5 Å². The zero-order valence-electron chi connectivity index (χ0n) is 23.9. The number of carbonyl (C=O) groups excluding carboxylic acids is 4. The number of amides is 4. The van der Waals surface area contributed by atoms with Crippen LogP contribution in [0, 0.1) is 0 Å². The minimum absolute atomic E-state index is 0.133. The van der Waals surface area contributed by atoms with E-state index in [0.29, 0.717) is 22.8 Å². The van der Waals surface area contributed by atoms with Gasteiger partial charge in [-0.25, -0.2) is 9.78 Å². The molecule has 0 spiro atoms. The van der Waals surface area contributed by atoms with Crippen molar-refractivity contribution in [3.8, 4) is 5.75 Å². The number of urea groups is 1. The number of benzene rings is 2. The number of carbonyl (C=O) groups is 4. The molecule has 2 atom stereocenters. The third kappa shape index (κ3) is 6.54. The van der Waals surface area contributed by atoms with Crippen LogP contribution in [0.5, 0.6) is 5.75 Å². The van der Waals surface area contributed by atoms with Gasteiger partial charge in [-0.2, -0.15) is 0 Å². The van der Waals surface area contributed by atoms with Gasteiger partial charge in [0.25, 0.3) is 0 Å². The van der Waals surface area contributed by atoms with Crippen LogP contribution < -0.4 is 15.8 Å². The van der Waals surface area contributed by atoms with Crippen LogP contribution in [0.25, 0.3) is 0 Å². The highest BCUT2D eigenvalue weighted by molar-refractivity contribution is 6.30. The van der Waals surface area contributed by atoms with E-state index < -0.39 is 41.8 Å². The zero-order chi connectivity index (χ0) is 30.9. The standard InChI is InChI=1S/C30H31ClN6O6/c1-30(2,3)43-23-12-18(22(38)13-24(32)39)6-9-20(23)28-35-26(17-4-7-19(31)8-5-17)27(21-15-42-16-34-21)37(28)29(41)36-11-10-33-25(40)14-36/h4-9,12,15-16,26-27H,10-11,13-14H2,1-3H3,(H2,32,39)(H,33,40). The lowest BCUT2D eigenvalue weighted by Gasteiger charge is -2.35. The van der Waals surface area contributed by atoms with E-state index in [1.807, 2.05) is 32.9 Å². The second-order valence-electron chi connectivity index (χ2n) is 11.2. The molecule has 0 radical (unpaired) electrons. The third-order valence-corrected chi connectivity index (χ3v) is 7.10. The number of hydrogen-bond donors (Lipinski definition) is 2. The average molecular weight is 607 g/mol. The number of primary amides is 1. The van der Waals surface area contributed by atoms with Gasteiger partial charge >= 0.3 is 6.03 Å². The number of nitrogens with zero attached hydrogens (tertiary/aromatic N) is 4. The first kappa shape index (κ1) is 29.8. The number of piperazine rings is 1. The topological polar surface area (TPSA) is 160 Å². The van der Waals surface area contributed by atoms with Crippen LogP contribution in [-0.4, -0.2) is 69.5 Å². The number of Topliss-reactive ketones (excluding diaryl/α,β-unsaturated/α-hetero) is 1. The number of nitrogens with one attached hydrogen (secondary N) is 1. The molecule has 4 amide bonds. The number of halogens is 1. The fourth-order valence-electron chi connectivity index (χ4n) is 5.03. The highest BCUT2D eigenvalue weighted by Crippen LogP contribution is 2.45. The number of amidine groups is 1. The minimum Gasteiger partial charge on any atom is -0.487 e. The highest BCUT2D eigenvalue weighted by atomic mass is 35.5. The monoisotopic (exact) mass is 606 g/mol. The van der Waals surface area contributed by atoms with Crippen LogP contribution >= 0.6 is 11.6 Å². The van der Waals surface area contributed by atoms with Crippen molar-refractivity contribution < 1.29 is 28.3 Å². The van der Waals surface area contributed by atoms with Crippen molar-refractivity contribution in [2.75, 3.05) is 19.6 Å². The van der Waals surface area contributed by atoms with Crippen molar-refractivity contribution in [3.63, 3.8) is 0 Å². The van der Waals surface area contributed by atoms with Crippen LogP contribution in [0.1, 0.15) is 66.5 Å². The summed E-state index contributed by atoms with van der Waals surface area (Å²) in [4.78, 5) is 63.2. The number of oxazole rings is 1. The Labute approximate surface area is 252 Å². The Morgan fingerprint density at radius 3 is 2.53 bits per heavy atom. The summed E-state index contributed by atoms with van der Waals surface area (Å²) < 4.78 is 11.6. The molecule has 1 fully saturated rings. The number of hydrogen-bond acceptors (Lipinski definition) is 8. The fraction of sp³-hybridized carbons (Fsp3) is 0.333. The maximum Gasteiger partial charge on any atom is 0.326 e. The van der Waals surface area contributed by atoms with Gasteiger partial charge in [0.2, 0.25) is 11.8 Å². The van der Waals surface area contributed by atoms with Gasteiger partial charge < -0.3 is 25.1 Å². The van der Waals surface area contributed by atoms with E-state index in [1.165, 1.54) is 34.6 Å². The maximum atomic E-state index is 14.3. The largest absolute Gasteiger partial charge is 0.487 e. The molecule has 3 N–H and O–H groups in total. The summed E-state index contributed by atoms with van der Waals surface area (Å²) in [6.07, 6.45) is 2.26. The van der Waals surface area contributed by atoms with Gasteiger partial charge in [-0.1, -0.05) is 29.8 Å². The molecule has 0 saturated carbocycles. The third-order valence-electron chi connectivity index (χ3n) is 6.84. The van der Waals surface area contributed by atoms with Crippen LogP contribution in [0.4, 0.5) is 4.79 Å². The summed E-state index contributed by atoms with van der Waals surface area (Å²) in [7, 11) is 0. The van der Waals surface area contributed by atoms with Crippen molar-refractivity contribution in [3.05, 3.63) is 82.5 Å². The van der Waals surface area contributed by atoms with Gasteiger partial charge in [-0.05, 0) is 50.6 Å². The van der Waals surface area contributed by atoms with Crippen molar-refractivity contribution in [1.82, 2.24) is 20.1 Å². The van der Waals surface area contributed by atoms with E-state index in [0.717, 1.165) is 5.56 Å². The van der Waals surface area contributed by atoms with Gasteiger partial charge in [0, 0.05) is 23.7 Å². The molecule has 3 aromatic rings. The van der Waals surface area contributed by atoms with E-state index in [-0.39, 0.29) is 36.1 Å². The molecule has 12 nitrogen and oxygen atoms in total. The molecule has 0 bridgehead atoms. The molecule has 0 aliphatic carbocycles. The second kappa shape index (κ2) is 11.9. The predicted molar refractivity (Wildman–Crippen MR) is 157 cm³/mol. The molecule has 5 rings (SSSR count). The molecule has 1 aromatic heterocycles. The first-order valence-electron chi connectivity index (χ1n) is 13.6. The number of ketones is 1. The number of aromatic nitrogens is 1. The van der Waals surface area contributed by atoms with Crippen molar-refractivity contribution in [2.24, 2.45) is 10.7 Å². The normalized spacial score (nSPS) is 18.7. The molecule has 43 heavy (non-hydrogen) atoms. The SMILES string of the molecule is CC(C)(C)Oc1cc(C(=O)CC(N)=O)ccc1C1=NC(c2ccc(Cl)cc2)C(c2cocn2)N1C(=O)N1CCNC(=O)C1. The highest BCUT2D eigenvalue weighted by Gasteiger charge is 2.46. The van der Waals surface area contributed by atoms with Gasteiger partial charge in [0.05, 0.1) is 12.0 Å². The molecular weight excluding hydrogens is 576 g/mol. The lowest BCUT2D eigenvalue weighted by atomic mass is 9.97. The van der Waals surface area contributed by atoms with E-state index in [1.54, 1.807) is 18.2 Å². The number of rotatable bonds is 7. The Balaban J connectivity index is 1.69. The Bertz CT molecular complexity index is 1580. The molecule has 1 saturated heterocycles. The Morgan fingerprint density at radius 1 is 1.16 bits per heavy atom.